The number of carbonyl (C=O) groups excluding carboxylic acids is 1. The summed E-state index contributed by atoms with van der Waals surface area (Å²) in [5.74, 6) is 1.01. The highest BCUT2D eigenvalue weighted by Gasteiger charge is 2.20. The topological polar surface area (TPSA) is 48.5 Å². The van der Waals surface area contributed by atoms with E-state index in [4.69, 9.17) is 4.37 Å². The van der Waals surface area contributed by atoms with Crippen molar-refractivity contribution in [3.05, 3.63) is 65.7 Å². The zero-order valence-electron chi connectivity index (χ0n) is 17.6. The van der Waals surface area contributed by atoms with Gasteiger partial charge in [-0.05, 0) is 61.1 Å². The Morgan fingerprint density at radius 3 is 2.67 bits per heavy atom. The molecule has 0 radical (unpaired) electrons. The number of piperazine rings is 1. The lowest BCUT2D eigenvalue weighted by molar-refractivity contribution is -0.112. The smallest absolute Gasteiger partial charge is 0.250 e. The molecule has 1 fully saturated rings. The van der Waals surface area contributed by atoms with Gasteiger partial charge in [0.25, 0.3) is 5.91 Å². The fraction of sp³-hybridized carbons (Fsp3) is 0.333. The van der Waals surface area contributed by atoms with Crippen molar-refractivity contribution in [3.63, 3.8) is 0 Å². The summed E-state index contributed by atoms with van der Waals surface area (Å²) in [5.41, 5.74) is 3.76. The van der Waals surface area contributed by atoms with Gasteiger partial charge < -0.3 is 10.2 Å². The molecular formula is C24H28N4OS. The van der Waals surface area contributed by atoms with E-state index in [2.05, 4.69) is 58.1 Å². The van der Waals surface area contributed by atoms with Gasteiger partial charge in [-0.3, -0.25) is 9.69 Å². The van der Waals surface area contributed by atoms with Gasteiger partial charge in [0, 0.05) is 49.4 Å². The molecule has 1 N–H and O–H groups in total. The summed E-state index contributed by atoms with van der Waals surface area (Å²) < 4.78 is 5.96. The molecule has 156 valence electrons. The first-order valence-corrected chi connectivity index (χ1v) is 11.2. The summed E-state index contributed by atoms with van der Waals surface area (Å²) in [6.45, 7) is 12.6. The molecule has 0 aliphatic carbocycles. The van der Waals surface area contributed by atoms with E-state index in [0.717, 1.165) is 56.2 Å². The fourth-order valence-electron chi connectivity index (χ4n) is 3.82. The van der Waals surface area contributed by atoms with Crippen LogP contribution in [0.1, 0.15) is 18.1 Å². The van der Waals surface area contributed by atoms with Crippen molar-refractivity contribution >= 4 is 39.0 Å². The second-order valence-electron chi connectivity index (χ2n) is 7.96. The number of fused-ring (bicyclic) bond motifs is 1. The first-order chi connectivity index (χ1) is 14.5. The van der Waals surface area contributed by atoms with Crippen molar-refractivity contribution in [2.75, 3.05) is 42.9 Å². The van der Waals surface area contributed by atoms with E-state index >= 15 is 0 Å². The molecular weight excluding hydrogens is 392 g/mol. The number of nitrogens with zero attached hydrogens (tertiary/aromatic N) is 3. The minimum absolute atomic E-state index is 0.128. The maximum Gasteiger partial charge on any atom is 0.250 e. The number of hydrogen-bond donors (Lipinski definition) is 1. The van der Waals surface area contributed by atoms with Crippen molar-refractivity contribution < 1.29 is 4.79 Å². The monoisotopic (exact) mass is 420 g/mol. The number of carbonyl (C=O) groups is 1. The highest BCUT2D eigenvalue weighted by atomic mass is 32.1. The first kappa shape index (κ1) is 20.6. The van der Waals surface area contributed by atoms with Crippen LogP contribution in [0, 0.1) is 6.92 Å². The Morgan fingerprint density at radius 2 is 1.93 bits per heavy atom. The Bertz CT molecular complexity index is 1070. The predicted octanol–water partition coefficient (Wildman–Crippen LogP) is 4.48. The molecule has 0 atom stereocenters. The van der Waals surface area contributed by atoms with E-state index in [1.807, 2.05) is 13.0 Å². The molecule has 1 aliphatic rings. The van der Waals surface area contributed by atoms with E-state index in [1.54, 1.807) is 18.5 Å². The van der Waals surface area contributed by atoms with Crippen LogP contribution in [0.2, 0.25) is 0 Å². The van der Waals surface area contributed by atoms with Gasteiger partial charge in [0.05, 0.1) is 4.70 Å². The minimum atomic E-state index is -0.128. The Labute approximate surface area is 182 Å². The highest BCUT2D eigenvalue weighted by Crippen LogP contribution is 2.29. The summed E-state index contributed by atoms with van der Waals surface area (Å²) >= 11 is 1.59. The molecule has 0 saturated carbocycles. The molecule has 30 heavy (non-hydrogen) atoms. The Morgan fingerprint density at radius 1 is 1.17 bits per heavy atom. The van der Waals surface area contributed by atoms with Crippen molar-refractivity contribution in [1.29, 1.82) is 0 Å². The number of hydrogen-bond acceptors (Lipinski definition) is 5. The molecule has 1 saturated heterocycles. The number of rotatable bonds is 6. The van der Waals surface area contributed by atoms with Crippen molar-refractivity contribution in [2.45, 2.75) is 20.3 Å². The normalized spacial score (nSPS) is 14.8. The number of benzene rings is 2. The zero-order valence-corrected chi connectivity index (χ0v) is 18.5. The van der Waals surface area contributed by atoms with Gasteiger partial charge in [0.15, 0.2) is 0 Å². The molecule has 0 bridgehead atoms. The van der Waals surface area contributed by atoms with Gasteiger partial charge in [0.1, 0.15) is 5.82 Å². The standard InChI is InChI=1S/C24H28N4OS/c1-17(2)24(29)25-21-9-8-19(16-18(21)3)10-11-27-12-14-28(15-13-27)23-20-6-4-5-7-22(20)30-26-23/h4-9,16H,1,10-15H2,2-3H3,(H,25,29). The number of aryl methyl sites for hydroxylation is 1. The number of anilines is 2. The van der Waals surface area contributed by atoms with Crippen LogP contribution in [-0.2, 0) is 11.2 Å². The minimum Gasteiger partial charge on any atom is -0.353 e. The number of aromatic nitrogens is 1. The molecule has 3 aromatic rings. The Balaban J connectivity index is 1.30. The summed E-state index contributed by atoms with van der Waals surface area (Å²) in [5, 5.41) is 4.18. The maximum atomic E-state index is 11.8. The van der Waals surface area contributed by atoms with E-state index in [1.165, 1.54) is 15.6 Å². The molecule has 1 aromatic heterocycles. The van der Waals surface area contributed by atoms with E-state index < -0.39 is 0 Å². The average Bonchev–Trinajstić information content (AvgIpc) is 3.18. The van der Waals surface area contributed by atoms with Crippen molar-refractivity contribution in [2.24, 2.45) is 0 Å². The first-order valence-electron chi connectivity index (χ1n) is 10.4. The van der Waals surface area contributed by atoms with Crippen LogP contribution in [0.4, 0.5) is 11.5 Å². The summed E-state index contributed by atoms with van der Waals surface area (Å²) in [7, 11) is 0. The SMILES string of the molecule is C=C(C)C(=O)Nc1ccc(CCN2CCN(c3nsc4ccccc34)CC2)cc1C. The highest BCUT2D eigenvalue weighted by molar-refractivity contribution is 7.13. The second kappa shape index (κ2) is 8.98. The van der Waals surface area contributed by atoms with Gasteiger partial charge in [-0.2, -0.15) is 4.37 Å². The van der Waals surface area contributed by atoms with Gasteiger partial charge in [0.2, 0.25) is 0 Å². The third-order valence-electron chi connectivity index (χ3n) is 5.67. The van der Waals surface area contributed by atoms with E-state index in [-0.39, 0.29) is 5.91 Å². The molecule has 5 nitrogen and oxygen atoms in total. The van der Waals surface area contributed by atoms with Gasteiger partial charge >= 0.3 is 0 Å². The van der Waals surface area contributed by atoms with Crippen molar-refractivity contribution in [1.82, 2.24) is 9.27 Å². The fourth-order valence-corrected chi connectivity index (χ4v) is 4.62. The second-order valence-corrected chi connectivity index (χ2v) is 8.77. The molecule has 1 aliphatic heterocycles. The van der Waals surface area contributed by atoms with Crippen LogP contribution in [0.15, 0.2) is 54.6 Å². The Kier molecular flexibility index (Phi) is 6.16. The van der Waals surface area contributed by atoms with Crippen LogP contribution >= 0.6 is 11.5 Å². The van der Waals surface area contributed by atoms with Gasteiger partial charge in [-0.25, -0.2) is 0 Å². The molecule has 6 heteroatoms. The lowest BCUT2D eigenvalue weighted by atomic mass is 10.1. The molecule has 0 unspecified atom stereocenters. The van der Waals surface area contributed by atoms with Crippen LogP contribution in [-0.4, -0.2) is 47.9 Å². The van der Waals surface area contributed by atoms with E-state index in [9.17, 15) is 4.79 Å². The summed E-state index contributed by atoms with van der Waals surface area (Å²) in [4.78, 5) is 16.8. The number of amides is 1. The van der Waals surface area contributed by atoms with E-state index in [0.29, 0.717) is 5.57 Å². The third-order valence-corrected chi connectivity index (χ3v) is 6.49. The van der Waals surface area contributed by atoms with Crippen LogP contribution in [0.25, 0.3) is 10.1 Å². The zero-order chi connectivity index (χ0) is 21.1. The summed E-state index contributed by atoms with van der Waals surface area (Å²) in [6, 6.07) is 14.8. The molecule has 1 amide bonds. The van der Waals surface area contributed by atoms with Crippen molar-refractivity contribution in [3.8, 4) is 0 Å². The predicted molar refractivity (Wildman–Crippen MR) is 127 cm³/mol. The third kappa shape index (κ3) is 4.55. The largest absolute Gasteiger partial charge is 0.353 e. The van der Waals surface area contributed by atoms with Crippen LogP contribution in [0.5, 0.6) is 0 Å². The average molecular weight is 421 g/mol. The maximum absolute atomic E-state index is 11.8. The molecule has 0 spiro atoms. The molecule has 2 aromatic carbocycles. The number of nitrogens with one attached hydrogen (secondary N) is 1. The van der Waals surface area contributed by atoms with Gasteiger partial charge in [-0.1, -0.05) is 30.8 Å². The molecule has 4 rings (SSSR count). The van der Waals surface area contributed by atoms with Gasteiger partial charge in [-0.15, -0.1) is 0 Å². The summed E-state index contributed by atoms with van der Waals surface area (Å²) in [6.07, 6.45) is 1.01. The lowest BCUT2D eigenvalue weighted by Gasteiger charge is -2.35. The van der Waals surface area contributed by atoms with Crippen LogP contribution in [0.3, 0.4) is 0 Å². The lowest BCUT2D eigenvalue weighted by Crippen LogP contribution is -2.47. The Hall–Kier alpha value is -2.70. The molecule has 2 heterocycles. The van der Waals surface area contributed by atoms with Crippen LogP contribution < -0.4 is 10.2 Å². The quantitative estimate of drug-likeness (QED) is 0.597.